The summed E-state index contributed by atoms with van der Waals surface area (Å²) in [6, 6.07) is 0. The van der Waals surface area contributed by atoms with Crippen LogP contribution >= 0.6 is 0 Å². The van der Waals surface area contributed by atoms with Crippen molar-refractivity contribution in [3.63, 3.8) is 0 Å². The Hall–Kier alpha value is -0.226. The van der Waals surface area contributed by atoms with Gasteiger partial charge in [0.2, 0.25) is 16.6 Å². The van der Waals surface area contributed by atoms with Crippen LogP contribution in [0.5, 0.6) is 0 Å². The van der Waals surface area contributed by atoms with Gasteiger partial charge >= 0.3 is 0 Å². The molecule has 1 atom stereocenters. The fourth-order valence-electron chi connectivity index (χ4n) is 1.93. The van der Waals surface area contributed by atoms with E-state index in [9.17, 15) is 0 Å². The highest BCUT2D eigenvalue weighted by atomic mass is 28.4. The van der Waals surface area contributed by atoms with Crippen molar-refractivity contribution in [2.75, 3.05) is 0 Å². The standard InChI is InChI=1S/C13H28O2Si2/c1-10(2)11-9-12(14-16(3,4)5)13(11)15-17(6,7)8/h10-11H,9H2,1-8H3. The quantitative estimate of drug-likeness (QED) is 0.682. The van der Waals surface area contributed by atoms with E-state index in [1.54, 1.807) is 0 Å². The van der Waals surface area contributed by atoms with Crippen LogP contribution in [0, 0.1) is 11.8 Å². The molecule has 0 spiro atoms. The Morgan fingerprint density at radius 3 is 1.76 bits per heavy atom. The Morgan fingerprint density at radius 2 is 1.41 bits per heavy atom. The van der Waals surface area contributed by atoms with Crippen molar-refractivity contribution in [1.82, 2.24) is 0 Å². The molecule has 17 heavy (non-hydrogen) atoms. The first-order valence-corrected chi connectivity index (χ1v) is 13.4. The molecule has 0 aliphatic heterocycles. The van der Waals surface area contributed by atoms with E-state index in [1.807, 2.05) is 0 Å². The molecule has 0 amide bonds. The highest BCUT2D eigenvalue weighted by molar-refractivity contribution is 6.70. The lowest BCUT2D eigenvalue weighted by Crippen LogP contribution is -2.38. The van der Waals surface area contributed by atoms with Crippen molar-refractivity contribution in [1.29, 1.82) is 0 Å². The monoisotopic (exact) mass is 272 g/mol. The van der Waals surface area contributed by atoms with Gasteiger partial charge in [0.1, 0.15) is 11.5 Å². The average Bonchev–Trinajstić information content (AvgIpc) is 2.04. The van der Waals surface area contributed by atoms with Gasteiger partial charge in [0.05, 0.1) is 0 Å². The lowest BCUT2D eigenvalue weighted by Gasteiger charge is -2.41. The van der Waals surface area contributed by atoms with Gasteiger partial charge in [-0.25, -0.2) is 0 Å². The van der Waals surface area contributed by atoms with E-state index in [1.165, 1.54) is 5.76 Å². The van der Waals surface area contributed by atoms with Gasteiger partial charge in [0, 0.05) is 12.3 Å². The van der Waals surface area contributed by atoms with E-state index in [2.05, 4.69) is 53.1 Å². The predicted molar refractivity (Wildman–Crippen MR) is 78.8 cm³/mol. The minimum atomic E-state index is -1.52. The summed E-state index contributed by atoms with van der Waals surface area (Å²) >= 11 is 0. The van der Waals surface area contributed by atoms with E-state index in [-0.39, 0.29) is 0 Å². The van der Waals surface area contributed by atoms with E-state index < -0.39 is 16.6 Å². The van der Waals surface area contributed by atoms with Crippen molar-refractivity contribution in [2.24, 2.45) is 11.8 Å². The molecule has 1 aliphatic carbocycles. The van der Waals surface area contributed by atoms with Crippen LogP contribution in [0.15, 0.2) is 11.5 Å². The van der Waals surface area contributed by atoms with Crippen LogP contribution in [-0.2, 0) is 8.85 Å². The Bertz CT molecular complexity index is 308. The molecule has 0 heterocycles. The third kappa shape index (κ3) is 4.50. The summed E-state index contributed by atoms with van der Waals surface area (Å²) in [4.78, 5) is 0. The second kappa shape index (κ2) is 4.80. The molecule has 0 radical (unpaired) electrons. The number of hydrogen-bond donors (Lipinski definition) is 0. The maximum absolute atomic E-state index is 6.22. The summed E-state index contributed by atoms with van der Waals surface area (Å²) < 4.78 is 12.4. The van der Waals surface area contributed by atoms with Crippen molar-refractivity contribution >= 4 is 16.6 Å². The maximum atomic E-state index is 6.22. The zero-order valence-electron chi connectivity index (χ0n) is 12.7. The van der Waals surface area contributed by atoms with Crippen LogP contribution in [0.3, 0.4) is 0 Å². The number of hydrogen-bond acceptors (Lipinski definition) is 2. The molecule has 0 fully saturated rings. The molecule has 0 bridgehead atoms. The molecule has 0 aromatic rings. The Labute approximate surface area is 109 Å². The van der Waals surface area contributed by atoms with Gasteiger partial charge in [-0.15, -0.1) is 0 Å². The Kier molecular flexibility index (Phi) is 4.19. The minimum absolute atomic E-state index is 0.577. The van der Waals surface area contributed by atoms with Crippen LogP contribution in [0.1, 0.15) is 20.3 Å². The smallest absolute Gasteiger partial charge is 0.241 e. The van der Waals surface area contributed by atoms with Crippen molar-refractivity contribution in [3.05, 3.63) is 11.5 Å². The molecule has 2 nitrogen and oxygen atoms in total. The molecule has 1 aliphatic rings. The summed E-state index contributed by atoms with van der Waals surface area (Å²) in [6.07, 6.45) is 1.07. The minimum Gasteiger partial charge on any atom is -0.545 e. The first-order valence-electron chi connectivity index (χ1n) is 6.61. The van der Waals surface area contributed by atoms with Crippen molar-refractivity contribution in [2.45, 2.75) is 59.6 Å². The van der Waals surface area contributed by atoms with E-state index in [0.29, 0.717) is 11.8 Å². The SMILES string of the molecule is CC(C)C1CC(O[Si](C)(C)C)=C1O[Si](C)(C)C. The summed E-state index contributed by atoms with van der Waals surface area (Å²) in [5, 5.41) is 0. The number of allylic oxidation sites excluding steroid dienone is 2. The lowest BCUT2D eigenvalue weighted by molar-refractivity contribution is 0.180. The maximum Gasteiger partial charge on any atom is 0.241 e. The van der Waals surface area contributed by atoms with Crippen LogP contribution in [0.2, 0.25) is 39.3 Å². The second-order valence-electron chi connectivity index (χ2n) is 7.27. The van der Waals surface area contributed by atoms with Gasteiger partial charge in [-0.05, 0) is 45.2 Å². The molecule has 1 rings (SSSR count). The molecule has 100 valence electrons. The topological polar surface area (TPSA) is 18.5 Å². The van der Waals surface area contributed by atoms with Crippen molar-refractivity contribution in [3.8, 4) is 0 Å². The van der Waals surface area contributed by atoms with Gasteiger partial charge < -0.3 is 8.85 Å². The molecular weight excluding hydrogens is 244 g/mol. The van der Waals surface area contributed by atoms with E-state index >= 15 is 0 Å². The summed E-state index contributed by atoms with van der Waals surface area (Å²) in [7, 11) is -3.01. The molecular formula is C13H28O2Si2. The van der Waals surface area contributed by atoms with E-state index in [4.69, 9.17) is 8.85 Å². The summed E-state index contributed by atoms with van der Waals surface area (Å²) in [5.41, 5.74) is 0. The first kappa shape index (κ1) is 14.8. The zero-order chi connectivity index (χ0) is 13.4. The molecule has 0 aromatic carbocycles. The third-order valence-electron chi connectivity index (χ3n) is 2.67. The molecule has 4 heteroatoms. The lowest BCUT2D eigenvalue weighted by atomic mass is 9.81. The van der Waals surface area contributed by atoms with Crippen LogP contribution in [0.25, 0.3) is 0 Å². The second-order valence-corrected chi connectivity index (χ2v) is 16.1. The third-order valence-corrected chi connectivity index (χ3v) is 4.36. The molecule has 0 saturated heterocycles. The molecule has 0 N–H and O–H groups in total. The van der Waals surface area contributed by atoms with E-state index in [0.717, 1.165) is 12.2 Å². The Morgan fingerprint density at radius 1 is 0.941 bits per heavy atom. The molecule has 0 saturated carbocycles. The Balaban J connectivity index is 2.83. The largest absolute Gasteiger partial charge is 0.545 e. The fourth-order valence-corrected chi connectivity index (χ4v) is 3.78. The first-order chi connectivity index (χ1) is 7.49. The van der Waals surface area contributed by atoms with Gasteiger partial charge in [-0.3, -0.25) is 0 Å². The fraction of sp³-hybridized carbons (Fsp3) is 0.846. The highest BCUT2D eigenvalue weighted by Gasteiger charge is 2.39. The van der Waals surface area contributed by atoms with Crippen LogP contribution in [0.4, 0.5) is 0 Å². The summed E-state index contributed by atoms with van der Waals surface area (Å²) in [5.74, 6) is 3.54. The zero-order valence-corrected chi connectivity index (χ0v) is 14.7. The van der Waals surface area contributed by atoms with Gasteiger partial charge in [0.25, 0.3) is 0 Å². The molecule has 0 aromatic heterocycles. The average molecular weight is 273 g/mol. The van der Waals surface area contributed by atoms with Gasteiger partial charge in [0.15, 0.2) is 0 Å². The predicted octanol–water partition coefficient (Wildman–Crippen LogP) is 4.58. The van der Waals surface area contributed by atoms with Crippen LogP contribution < -0.4 is 0 Å². The normalized spacial score (nSPS) is 21.6. The molecule has 1 unspecified atom stereocenters. The van der Waals surface area contributed by atoms with Gasteiger partial charge in [-0.2, -0.15) is 0 Å². The highest BCUT2D eigenvalue weighted by Crippen LogP contribution is 2.43. The van der Waals surface area contributed by atoms with Crippen molar-refractivity contribution < 1.29 is 8.85 Å². The summed E-state index contributed by atoms with van der Waals surface area (Å²) in [6.45, 7) is 17.9. The number of rotatable bonds is 5. The van der Waals surface area contributed by atoms with Crippen LogP contribution in [-0.4, -0.2) is 16.6 Å². The van der Waals surface area contributed by atoms with Gasteiger partial charge in [-0.1, -0.05) is 13.8 Å².